The van der Waals surface area contributed by atoms with E-state index in [1.807, 2.05) is 6.07 Å². The standard InChI is InChI=1S/C24H21F3N8O5/c1-34-12-13(24(25,26)27)8-16(21(34)36)31-22-33-20-19(35(22)2)15(10-28)17(11-30-20)40-14-4-5-29-18(9-14)32-23(37)39-7-6-38-3/h4-5,8-9,11-12H,6-7H2,1-3H3,(H,29,32,37)(H,30,31,33). The topological polar surface area (TPSA) is 158 Å². The van der Waals surface area contributed by atoms with E-state index in [2.05, 4.69) is 25.6 Å². The maximum Gasteiger partial charge on any atom is 0.417 e. The van der Waals surface area contributed by atoms with E-state index in [0.717, 1.165) is 4.57 Å². The van der Waals surface area contributed by atoms with Gasteiger partial charge in [0.05, 0.1) is 18.4 Å². The van der Waals surface area contributed by atoms with Crippen LogP contribution in [-0.2, 0) is 29.7 Å². The van der Waals surface area contributed by atoms with Gasteiger partial charge >= 0.3 is 12.3 Å². The number of anilines is 3. The lowest BCUT2D eigenvalue weighted by Gasteiger charge is -2.12. The number of ether oxygens (including phenoxy) is 3. The number of hydrogen-bond donors (Lipinski definition) is 2. The summed E-state index contributed by atoms with van der Waals surface area (Å²) in [5.74, 6) is 0.310. The molecule has 0 aliphatic heterocycles. The number of nitrogens with zero attached hydrogens (tertiary/aromatic N) is 6. The number of rotatable bonds is 8. The highest BCUT2D eigenvalue weighted by Gasteiger charge is 2.32. The van der Waals surface area contributed by atoms with Crippen LogP contribution in [0.4, 0.5) is 35.4 Å². The number of nitriles is 1. The Morgan fingerprint density at radius 1 is 1.20 bits per heavy atom. The van der Waals surface area contributed by atoms with Gasteiger partial charge in [-0.1, -0.05) is 0 Å². The first kappa shape index (κ1) is 27.9. The summed E-state index contributed by atoms with van der Waals surface area (Å²) in [4.78, 5) is 36.8. The highest BCUT2D eigenvalue weighted by atomic mass is 19.4. The molecule has 0 fully saturated rings. The van der Waals surface area contributed by atoms with Gasteiger partial charge in [-0.05, 0) is 12.1 Å². The lowest BCUT2D eigenvalue weighted by molar-refractivity contribution is -0.138. The summed E-state index contributed by atoms with van der Waals surface area (Å²) in [6, 6.07) is 5.56. The van der Waals surface area contributed by atoms with Crippen molar-refractivity contribution in [3.63, 3.8) is 0 Å². The molecule has 0 aliphatic carbocycles. The fraction of sp³-hybridized carbons (Fsp3) is 0.250. The molecule has 4 aromatic rings. The third kappa shape index (κ3) is 5.94. The van der Waals surface area contributed by atoms with E-state index < -0.39 is 23.4 Å². The Kier molecular flexibility index (Phi) is 7.86. The van der Waals surface area contributed by atoms with Crippen LogP contribution in [0.3, 0.4) is 0 Å². The van der Waals surface area contributed by atoms with Gasteiger partial charge in [0, 0.05) is 39.7 Å². The van der Waals surface area contributed by atoms with Crippen LogP contribution in [0.25, 0.3) is 11.2 Å². The van der Waals surface area contributed by atoms with Gasteiger partial charge in [-0.2, -0.15) is 23.4 Å². The number of hydrogen-bond acceptors (Lipinski definition) is 10. The second-order valence-corrected chi connectivity index (χ2v) is 8.19. The Morgan fingerprint density at radius 2 is 1.98 bits per heavy atom. The molecular weight excluding hydrogens is 537 g/mol. The van der Waals surface area contributed by atoms with Gasteiger partial charge in [0.2, 0.25) is 5.95 Å². The Hall–Kier alpha value is -5.17. The SMILES string of the molecule is COCCOC(=O)Nc1cc(Oc2cnc3nc(Nc4cc(C(F)(F)F)cn(C)c4=O)n(C)c3c2C#N)ccn1. The molecule has 16 heteroatoms. The van der Waals surface area contributed by atoms with Gasteiger partial charge in [-0.25, -0.2) is 14.8 Å². The average Bonchev–Trinajstić information content (AvgIpc) is 3.21. The lowest BCUT2D eigenvalue weighted by Crippen LogP contribution is -2.23. The molecule has 0 saturated carbocycles. The molecule has 2 N–H and O–H groups in total. The first-order chi connectivity index (χ1) is 19.0. The fourth-order valence-electron chi connectivity index (χ4n) is 3.56. The van der Waals surface area contributed by atoms with Crippen LogP contribution in [0.15, 0.2) is 41.6 Å². The Morgan fingerprint density at radius 3 is 2.67 bits per heavy atom. The molecule has 0 radical (unpaired) electrons. The van der Waals surface area contributed by atoms with Gasteiger partial charge in [0.15, 0.2) is 11.4 Å². The van der Waals surface area contributed by atoms with Crippen molar-refractivity contribution in [2.45, 2.75) is 6.18 Å². The molecular formula is C24H21F3N8O5. The normalized spacial score (nSPS) is 11.2. The van der Waals surface area contributed by atoms with Crippen molar-refractivity contribution in [1.82, 2.24) is 24.1 Å². The number of aromatic nitrogens is 5. The van der Waals surface area contributed by atoms with Crippen LogP contribution in [-0.4, -0.2) is 50.5 Å². The van der Waals surface area contributed by atoms with Crippen molar-refractivity contribution in [2.75, 3.05) is 31.0 Å². The zero-order valence-electron chi connectivity index (χ0n) is 21.2. The van der Waals surface area contributed by atoms with Gasteiger partial charge in [-0.15, -0.1) is 0 Å². The summed E-state index contributed by atoms with van der Waals surface area (Å²) in [6.07, 6.45) is -2.14. The number of amides is 1. The molecule has 0 aromatic carbocycles. The summed E-state index contributed by atoms with van der Waals surface area (Å²) in [5, 5.41) is 14.9. The van der Waals surface area contributed by atoms with Gasteiger partial charge < -0.3 is 28.7 Å². The molecule has 0 aliphatic rings. The summed E-state index contributed by atoms with van der Waals surface area (Å²) < 4.78 is 57.6. The first-order valence-electron chi connectivity index (χ1n) is 11.4. The number of carbonyl (C=O) groups is 1. The summed E-state index contributed by atoms with van der Waals surface area (Å²) in [6.45, 7) is 0.262. The Bertz CT molecular complexity index is 1680. The second-order valence-electron chi connectivity index (χ2n) is 8.19. The molecule has 13 nitrogen and oxygen atoms in total. The fourth-order valence-corrected chi connectivity index (χ4v) is 3.56. The van der Waals surface area contributed by atoms with Crippen molar-refractivity contribution < 1.29 is 32.2 Å². The quantitative estimate of drug-likeness (QED) is 0.306. The monoisotopic (exact) mass is 558 g/mol. The maximum absolute atomic E-state index is 13.3. The number of pyridine rings is 3. The van der Waals surface area contributed by atoms with Gasteiger partial charge in [-0.3, -0.25) is 10.1 Å². The van der Waals surface area contributed by atoms with Crippen molar-refractivity contribution >= 4 is 34.7 Å². The molecule has 40 heavy (non-hydrogen) atoms. The third-order valence-corrected chi connectivity index (χ3v) is 5.44. The van der Waals surface area contributed by atoms with Crippen LogP contribution >= 0.6 is 0 Å². The zero-order chi connectivity index (χ0) is 29.0. The predicted octanol–water partition coefficient (Wildman–Crippen LogP) is 3.68. The maximum atomic E-state index is 13.3. The minimum Gasteiger partial charge on any atom is -0.454 e. The van der Waals surface area contributed by atoms with E-state index in [-0.39, 0.29) is 58.9 Å². The van der Waals surface area contributed by atoms with Crippen LogP contribution in [0, 0.1) is 11.3 Å². The number of nitrogens with one attached hydrogen (secondary N) is 2. The van der Waals surface area contributed by atoms with Crippen molar-refractivity contribution in [3.8, 4) is 17.6 Å². The molecule has 0 saturated heterocycles. The van der Waals surface area contributed by atoms with E-state index in [9.17, 15) is 28.0 Å². The smallest absolute Gasteiger partial charge is 0.417 e. The van der Waals surface area contributed by atoms with Gasteiger partial charge in [0.1, 0.15) is 41.0 Å². The van der Waals surface area contributed by atoms with Crippen LogP contribution in [0.1, 0.15) is 11.1 Å². The lowest BCUT2D eigenvalue weighted by atomic mass is 10.2. The molecule has 4 rings (SSSR count). The van der Waals surface area contributed by atoms with E-state index >= 15 is 0 Å². The number of halogens is 3. The van der Waals surface area contributed by atoms with Crippen molar-refractivity contribution in [3.05, 3.63) is 58.3 Å². The summed E-state index contributed by atoms with van der Waals surface area (Å²) in [5.41, 5.74) is -1.84. The first-order valence-corrected chi connectivity index (χ1v) is 11.4. The van der Waals surface area contributed by atoms with Crippen molar-refractivity contribution in [2.24, 2.45) is 14.1 Å². The number of imidazole rings is 1. The molecule has 4 aromatic heterocycles. The predicted molar refractivity (Wildman–Crippen MR) is 134 cm³/mol. The third-order valence-electron chi connectivity index (χ3n) is 5.44. The van der Waals surface area contributed by atoms with Crippen LogP contribution in [0.2, 0.25) is 0 Å². The molecule has 0 unspecified atom stereocenters. The number of carbonyl (C=O) groups excluding carboxylic acids is 1. The minimum absolute atomic E-state index is 0.00953. The number of aryl methyl sites for hydroxylation is 2. The second kappa shape index (κ2) is 11.3. The molecule has 4 heterocycles. The van der Waals surface area contributed by atoms with Crippen molar-refractivity contribution in [1.29, 1.82) is 5.26 Å². The molecule has 0 atom stereocenters. The van der Waals surface area contributed by atoms with E-state index in [4.69, 9.17) is 14.2 Å². The van der Waals surface area contributed by atoms with E-state index in [1.54, 1.807) is 0 Å². The van der Waals surface area contributed by atoms with Gasteiger partial charge in [0.25, 0.3) is 5.56 Å². The number of alkyl halides is 3. The average molecular weight is 558 g/mol. The molecule has 1 amide bonds. The van der Waals surface area contributed by atoms with Crippen LogP contribution in [0.5, 0.6) is 11.5 Å². The molecule has 0 spiro atoms. The number of methoxy groups -OCH3 is 1. The number of fused-ring (bicyclic) bond motifs is 1. The summed E-state index contributed by atoms with van der Waals surface area (Å²) >= 11 is 0. The Balaban J connectivity index is 1.63. The largest absolute Gasteiger partial charge is 0.454 e. The molecule has 0 bridgehead atoms. The van der Waals surface area contributed by atoms with E-state index in [1.165, 1.54) is 50.3 Å². The molecule has 208 valence electrons. The highest BCUT2D eigenvalue weighted by Crippen LogP contribution is 2.33. The summed E-state index contributed by atoms with van der Waals surface area (Å²) in [7, 11) is 4.15. The zero-order valence-corrected chi connectivity index (χ0v) is 21.2. The highest BCUT2D eigenvalue weighted by molar-refractivity contribution is 5.85. The minimum atomic E-state index is -4.68. The van der Waals surface area contributed by atoms with E-state index in [0.29, 0.717) is 12.3 Å². The Labute approximate surface area is 223 Å². The van der Waals surface area contributed by atoms with Crippen LogP contribution < -0.4 is 20.9 Å².